The van der Waals surface area contributed by atoms with Crippen LogP contribution in [0.15, 0.2) is 77.7 Å². The van der Waals surface area contributed by atoms with Gasteiger partial charge >= 0.3 is 0 Å². The number of benzene rings is 3. The third-order valence-corrected chi connectivity index (χ3v) is 7.15. The monoisotopic (exact) mass is 406 g/mol. The number of sulfonamides is 1. The molecule has 0 spiro atoms. The number of hydrogen-bond donors (Lipinski definition) is 1. The number of rotatable bonds is 5. The van der Waals surface area contributed by atoms with Gasteiger partial charge in [0.05, 0.1) is 4.90 Å². The lowest BCUT2D eigenvalue weighted by molar-refractivity contribution is -0.113. The molecule has 0 aromatic heterocycles. The Morgan fingerprint density at radius 1 is 0.897 bits per heavy atom. The fraction of sp³-hybridized carbons (Fsp3) is 0.174. The smallest absolute Gasteiger partial charge is 0.243 e. The summed E-state index contributed by atoms with van der Waals surface area (Å²) in [4.78, 5) is 12.0. The van der Waals surface area contributed by atoms with Crippen LogP contribution < -0.4 is 5.73 Å². The van der Waals surface area contributed by atoms with Gasteiger partial charge in [-0.25, -0.2) is 8.42 Å². The van der Waals surface area contributed by atoms with Gasteiger partial charge in [-0.3, -0.25) is 4.79 Å². The summed E-state index contributed by atoms with van der Waals surface area (Å²) in [5.41, 5.74) is 7.75. The number of fused-ring (bicyclic) bond motifs is 1. The van der Waals surface area contributed by atoms with Gasteiger partial charge in [0, 0.05) is 19.2 Å². The lowest BCUT2D eigenvalue weighted by atomic mass is 9.93. The van der Waals surface area contributed by atoms with E-state index in [4.69, 9.17) is 5.73 Å². The number of hydrogen-bond acceptors (Lipinski definition) is 3. The molecule has 0 aliphatic carbocycles. The molecule has 6 heteroatoms. The van der Waals surface area contributed by atoms with Crippen molar-refractivity contribution in [2.75, 3.05) is 13.1 Å². The number of primary amides is 1. The van der Waals surface area contributed by atoms with E-state index in [1.165, 1.54) is 10.4 Å². The summed E-state index contributed by atoms with van der Waals surface area (Å²) in [6, 6.07) is 20.4. The normalized spacial score (nSPS) is 15.7. The van der Waals surface area contributed by atoms with Gasteiger partial charge in [-0.2, -0.15) is 4.31 Å². The highest BCUT2D eigenvalue weighted by Crippen LogP contribution is 2.31. The predicted octanol–water partition coefficient (Wildman–Crippen LogP) is 3.54. The molecule has 0 radical (unpaired) electrons. The Balaban J connectivity index is 1.78. The van der Waals surface area contributed by atoms with Gasteiger partial charge < -0.3 is 5.73 Å². The molecule has 1 amide bonds. The third-order valence-electron chi connectivity index (χ3n) is 5.23. The van der Waals surface area contributed by atoms with E-state index < -0.39 is 15.9 Å². The molecule has 0 bridgehead atoms. The van der Waals surface area contributed by atoms with E-state index >= 15 is 0 Å². The second-order valence-electron chi connectivity index (χ2n) is 7.12. The molecular weight excluding hydrogens is 384 g/mol. The Kier molecular flexibility index (Phi) is 5.22. The molecule has 0 unspecified atom stereocenters. The van der Waals surface area contributed by atoms with E-state index in [-0.39, 0.29) is 4.90 Å². The largest absolute Gasteiger partial charge is 0.366 e. The first-order valence-electron chi connectivity index (χ1n) is 9.57. The molecule has 0 saturated carbocycles. The van der Waals surface area contributed by atoms with Crippen molar-refractivity contribution in [1.82, 2.24) is 4.31 Å². The molecular formula is C23H22N2O3S. The number of nitrogens with zero attached hydrogens (tertiary/aromatic N) is 1. The van der Waals surface area contributed by atoms with Crippen LogP contribution in [0.25, 0.3) is 16.3 Å². The summed E-state index contributed by atoms with van der Waals surface area (Å²) in [7, 11) is -3.48. The maximum absolute atomic E-state index is 12.8. The zero-order valence-electron chi connectivity index (χ0n) is 15.9. The zero-order valence-corrected chi connectivity index (χ0v) is 16.7. The van der Waals surface area contributed by atoms with Crippen LogP contribution in [-0.4, -0.2) is 31.7 Å². The van der Waals surface area contributed by atoms with Crippen LogP contribution in [0.3, 0.4) is 0 Å². The van der Waals surface area contributed by atoms with E-state index in [1.54, 1.807) is 24.3 Å². The van der Waals surface area contributed by atoms with Gasteiger partial charge in [-0.1, -0.05) is 54.6 Å². The fourth-order valence-corrected chi connectivity index (χ4v) is 5.32. The van der Waals surface area contributed by atoms with Crippen molar-refractivity contribution in [2.24, 2.45) is 5.73 Å². The van der Waals surface area contributed by atoms with Crippen LogP contribution in [0.4, 0.5) is 0 Å². The van der Waals surface area contributed by atoms with Crippen molar-refractivity contribution >= 4 is 32.3 Å². The number of carbonyl (C=O) groups excluding carboxylic acids is 1. The van der Waals surface area contributed by atoms with Crippen molar-refractivity contribution in [1.29, 1.82) is 0 Å². The van der Waals surface area contributed by atoms with Crippen LogP contribution in [0.5, 0.6) is 0 Å². The first-order valence-corrected chi connectivity index (χ1v) is 11.0. The summed E-state index contributed by atoms with van der Waals surface area (Å²) in [5, 5.41) is 2.05. The van der Waals surface area contributed by atoms with Crippen molar-refractivity contribution in [3.63, 3.8) is 0 Å². The Morgan fingerprint density at radius 3 is 2.24 bits per heavy atom. The van der Waals surface area contributed by atoms with Crippen molar-refractivity contribution in [3.05, 3.63) is 83.9 Å². The molecule has 1 fully saturated rings. The molecule has 4 rings (SSSR count). The molecule has 3 aromatic carbocycles. The molecule has 29 heavy (non-hydrogen) atoms. The van der Waals surface area contributed by atoms with E-state index in [1.807, 2.05) is 42.5 Å². The Morgan fingerprint density at radius 2 is 1.55 bits per heavy atom. The minimum Gasteiger partial charge on any atom is -0.366 e. The molecule has 1 aliphatic rings. The van der Waals surface area contributed by atoms with E-state index in [0.717, 1.165) is 34.7 Å². The van der Waals surface area contributed by atoms with Gasteiger partial charge in [0.25, 0.3) is 0 Å². The summed E-state index contributed by atoms with van der Waals surface area (Å²) < 4.78 is 27.1. The minimum atomic E-state index is -3.48. The molecule has 0 atom stereocenters. The minimum absolute atomic E-state index is 0.263. The average Bonchev–Trinajstić information content (AvgIpc) is 3.28. The lowest BCUT2D eigenvalue weighted by Gasteiger charge is -2.16. The number of amides is 1. The highest BCUT2D eigenvalue weighted by Gasteiger charge is 2.27. The quantitative estimate of drug-likeness (QED) is 0.658. The lowest BCUT2D eigenvalue weighted by Crippen LogP contribution is -2.27. The van der Waals surface area contributed by atoms with Crippen LogP contribution in [0.2, 0.25) is 0 Å². The molecule has 1 heterocycles. The van der Waals surface area contributed by atoms with Crippen LogP contribution in [0.1, 0.15) is 24.0 Å². The van der Waals surface area contributed by atoms with Crippen LogP contribution >= 0.6 is 0 Å². The Hall–Kier alpha value is -2.96. The van der Waals surface area contributed by atoms with E-state index in [9.17, 15) is 13.2 Å². The number of nitrogens with two attached hydrogens (primary N) is 1. The Labute approximate surface area is 170 Å². The van der Waals surface area contributed by atoms with Gasteiger partial charge in [0.15, 0.2) is 0 Å². The Bertz CT molecular complexity index is 1190. The van der Waals surface area contributed by atoms with Crippen LogP contribution in [0, 0.1) is 0 Å². The average molecular weight is 407 g/mol. The summed E-state index contributed by atoms with van der Waals surface area (Å²) in [6.07, 6.45) is 3.18. The predicted molar refractivity (Wildman–Crippen MR) is 115 cm³/mol. The maximum Gasteiger partial charge on any atom is 0.243 e. The van der Waals surface area contributed by atoms with Gasteiger partial charge in [-0.15, -0.1) is 0 Å². The molecule has 3 aromatic rings. The van der Waals surface area contributed by atoms with Gasteiger partial charge in [-0.05, 0) is 52.4 Å². The standard InChI is InChI=1S/C23H22N2O3S/c24-23(26)16-22(21-9-5-7-17-6-1-2-8-20(17)21)18-10-12-19(13-11-18)29(27,28)25-14-3-4-15-25/h1-2,5-13,16H,3-4,14-15H2,(H2,24,26). The molecule has 2 N–H and O–H groups in total. The maximum atomic E-state index is 12.8. The summed E-state index contributed by atoms with van der Waals surface area (Å²) in [6.45, 7) is 1.12. The van der Waals surface area contributed by atoms with Crippen molar-refractivity contribution in [3.8, 4) is 0 Å². The summed E-state index contributed by atoms with van der Waals surface area (Å²) in [5.74, 6) is -0.554. The second-order valence-corrected chi connectivity index (χ2v) is 9.06. The highest BCUT2D eigenvalue weighted by atomic mass is 32.2. The van der Waals surface area contributed by atoms with E-state index in [0.29, 0.717) is 18.7 Å². The SMILES string of the molecule is NC(=O)C=C(c1ccc(S(=O)(=O)N2CCCC2)cc1)c1cccc2ccccc12. The van der Waals surface area contributed by atoms with Crippen molar-refractivity contribution < 1.29 is 13.2 Å². The zero-order chi connectivity index (χ0) is 20.4. The first-order chi connectivity index (χ1) is 14.0. The summed E-state index contributed by atoms with van der Waals surface area (Å²) >= 11 is 0. The van der Waals surface area contributed by atoms with E-state index in [2.05, 4.69) is 0 Å². The number of carbonyl (C=O) groups is 1. The van der Waals surface area contributed by atoms with Gasteiger partial charge in [0.2, 0.25) is 15.9 Å². The fourth-order valence-electron chi connectivity index (χ4n) is 3.80. The van der Waals surface area contributed by atoms with Crippen LogP contribution in [-0.2, 0) is 14.8 Å². The molecule has 5 nitrogen and oxygen atoms in total. The molecule has 1 aliphatic heterocycles. The topological polar surface area (TPSA) is 80.5 Å². The van der Waals surface area contributed by atoms with Gasteiger partial charge in [0.1, 0.15) is 0 Å². The molecule has 1 saturated heterocycles. The first kappa shape index (κ1) is 19.4. The second kappa shape index (κ2) is 7.81. The molecule has 148 valence electrons. The third kappa shape index (κ3) is 3.81. The highest BCUT2D eigenvalue weighted by molar-refractivity contribution is 7.89. The van der Waals surface area contributed by atoms with Crippen molar-refractivity contribution in [2.45, 2.75) is 17.7 Å².